The molecule has 0 radical (unpaired) electrons. The Kier molecular flexibility index (Phi) is 21.0. The van der Waals surface area contributed by atoms with Crippen molar-refractivity contribution in [3.05, 3.63) is 48.0 Å². The van der Waals surface area contributed by atoms with Crippen molar-refractivity contribution in [2.75, 3.05) is 60.7 Å². The van der Waals surface area contributed by atoms with Gasteiger partial charge < -0.3 is 63.9 Å². The number of aryl methyl sites for hydroxylation is 1. The third-order valence-electron chi connectivity index (χ3n) is 14.7. The lowest BCUT2D eigenvalue weighted by Gasteiger charge is -2.47. The van der Waals surface area contributed by atoms with Crippen molar-refractivity contribution in [3.63, 3.8) is 0 Å². The molecule has 5 N–H and O–H groups in total. The molecule has 2 fully saturated rings. The molecule has 16 heteroatoms. The summed E-state index contributed by atoms with van der Waals surface area (Å²) in [6, 6.07) is 15.1. The Balaban J connectivity index is 1.17. The number of hydrogen-bond donors (Lipinski definition) is 5. The summed E-state index contributed by atoms with van der Waals surface area (Å²) in [4.78, 5) is 35.8. The minimum atomic E-state index is -1.92. The monoisotopic (exact) mass is 968 g/mol. The molecule has 2 aromatic carbocycles. The van der Waals surface area contributed by atoms with Gasteiger partial charge in [-0.05, 0) is 118 Å². The van der Waals surface area contributed by atoms with Crippen molar-refractivity contribution in [3.8, 4) is 0 Å². The molecule has 2 aliphatic heterocycles. The molecule has 13 atom stereocenters. The van der Waals surface area contributed by atoms with Gasteiger partial charge in [-0.1, -0.05) is 57.1 Å². The number of aromatic nitrogens is 1. The Hall–Kier alpha value is -3.55. The summed E-state index contributed by atoms with van der Waals surface area (Å²) < 4.78 is 33.2. The van der Waals surface area contributed by atoms with Gasteiger partial charge >= 0.3 is 5.97 Å². The fourth-order valence-corrected chi connectivity index (χ4v) is 10.5. The molecule has 0 spiro atoms. The highest BCUT2D eigenvalue weighted by molar-refractivity contribution is 6.08. The lowest BCUT2D eigenvalue weighted by molar-refractivity contribution is -0.295. The molecular formula is C53H85N5O11. The number of nitrogens with one attached hydrogen (secondary N) is 2. The van der Waals surface area contributed by atoms with Crippen LogP contribution in [-0.4, -0.2) is 157 Å². The third-order valence-corrected chi connectivity index (χ3v) is 14.7. The molecule has 0 saturated carbocycles. The topological polar surface area (TPSA) is 195 Å². The minimum Gasteiger partial charge on any atom is -0.459 e. The first-order valence-electron chi connectivity index (χ1n) is 25.3. The van der Waals surface area contributed by atoms with Crippen molar-refractivity contribution in [1.29, 1.82) is 0 Å². The van der Waals surface area contributed by atoms with Gasteiger partial charge in [-0.25, -0.2) is 0 Å². The second-order valence-electron chi connectivity index (χ2n) is 20.2. The lowest BCUT2D eigenvalue weighted by atomic mass is 9.74. The molecule has 3 aromatic rings. The van der Waals surface area contributed by atoms with E-state index in [4.69, 9.17) is 28.5 Å². The van der Waals surface area contributed by atoms with Crippen LogP contribution in [0.15, 0.2) is 47.6 Å². The molecule has 0 bridgehead atoms. The molecule has 388 valence electrons. The Bertz CT molecular complexity index is 2130. The summed E-state index contributed by atoms with van der Waals surface area (Å²) in [5.41, 5.74) is 1.10. The zero-order chi connectivity index (χ0) is 50.6. The van der Waals surface area contributed by atoms with E-state index in [2.05, 4.69) is 69.7 Å². The van der Waals surface area contributed by atoms with Crippen molar-refractivity contribution in [1.82, 2.24) is 20.1 Å². The predicted molar refractivity (Wildman–Crippen MR) is 269 cm³/mol. The first kappa shape index (κ1) is 56.4. The van der Waals surface area contributed by atoms with Gasteiger partial charge in [-0.2, -0.15) is 0 Å². The average molecular weight is 968 g/mol. The van der Waals surface area contributed by atoms with Crippen LogP contribution in [-0.2, 0) is 51.2 Å². The van der Waals surface area contributed by atoms with Gasteiger partial charge in [0.15, 0.2) is 12.1 Å². The van der Waals surface area contributed by atoms with E-state index >= 15 is 0 Å². The normalized spacial score (nSPS) is 32.8. The molecule has 69 heavy (non-hydrogen) atoms. The molecule has 1 aromatic heterocycles. The van der Waals surface area contributed by atoms with E-state index in [0.29, 0.717) is 31.9 Å². The number of esters is 1. The number of oxime groups is 1. The smallest absolute Gasteiger partial charge is 0.316 e. The number of aliphatic hydroxyl groups excluding tert-OH is 2. The van der Waals surface area contributed by atoms with Gasteiger partial charge in [-0.3, -0.25) is 9.59 Å². The molecule has 3 heterocycles. The number of ether oxygens (including phenoxy) is 5. The second-order valence-corrected chi connectivity index (χ2v) is 20.2. The fourth-order valence-electron chi connectivity index (χ4n) is 10.5. The van der Waals surface area contributed by atoms with E-state index in [0.717, 1.165) is 39.0 Å². The number of methoxy groups -OCH3 is 1. The highest BCUT2D eigenvalue weighted by Crippen LogP contribution is 2.39. The summed E-state index contributed by atoms with van der Waals surface area (Å²) in [7, 11) is 5.29. The maximum Gasteiger partial charge on any atom is 0.316 e. The van der Waals surface area contributed by atoms with Crippen LogP contribution in [0.5, 0.6) is 0 Å². The molecule has 16 nitrogen and oxygen atoms in total. The van der Waals surface area contributed by atoms with E-state index in [9.17, 15) is 24.9 Å². The largest absolute Gasteiger partial charge is 0.459 e. The number of carbonyl (C=O) groups is 2. The van der Waals surface area contributed by atoms with Gasteiger partial charge in [-0.15, -0.1) is 0 Å². The Morgan fingerprint density at radius 1 is 0.899 bits per heavy atom. The van der Waals surface area contributed by atoms with Gasteiger partial charge in [0, 0.05) is 85.6 Å². The van der Waals surface area contributed by atoms with Gasteiger partial charge in [0.05, 0.1) is 29.6 Å². The number of likely N-dealkylation sites (N-methyl/N-ethyl adjacent to an activating group) is 1. The molecule has 0 unspecified atom stereocenters. The maximum atomic E-state index is 14.3. The molecule has 5 rings (SSSR count). The van der Waals surface area contributed by atoms with E-state index in [1.807, 2.05) is 39.8 Å². The Morgan fingerprint density at radius 3 is 2.25 bits per heavy atom. The van der Waals surface area contributed by atoms with E-state index in [1.165, 1.54) is 48.3 Å². The van der Waals surface area contributed by atoms with Crippen LogP contribution in [0.2, 0.25) is 0 Å². The quantitative estimate of drug-likeness (QED) is 0.0393. The van der Waals surface area contributed by atoms with Crippen LogP contribution in [0.4, 0.5) is 0 Å². The summed E-state index contributed by atoms with van der Waals surface area (Å²) in [6.07, 6.45) is -3.32. The summed E-state index contributed by atoms with van der Waals surface area (Å²) >= 11 is 0. The summed E-state index contributed by atoms with van der Waals surface area (Å²) in [6.45, 7) is 21.2. The van der Waals surface area contributed by atoms with Crippen LogP contribution in [0.25, 0.3) is 21.8 Å². The van der Waals surface area contributed by atoms with Crippen molar-refractivity contribution < 1.29 is 53.4 Å². The zero-order valence-corrected chi connectivity index (χ0v) is 43.5. The molecule has 2 aliphatic rings. The number of cyclic esters (lactones) is 1. The second kappa shape index (κ2) is 25.7. The number of ketones is 1. The number of nitrogens with zero attached hydrogens (tertiary/aromatic N) is 3. The predicted octanol–water partition coefficient (Wildman–Crippen LogP) is 5.83. The molecule has 0 amide bonds. The number of fused-ring (bicyclic) bond motifs is 3. The first-order valence-corrected chi connectivity index (χ1v) is 25.3. The standard InChI is InChI=1S/C53H85N5O11/c1-13-44-53(9,63)48(61)35(5)45(33(3)31-52(8,64-12)49(36(6)46(59)37(7)50(62)68-44)69-51-47(60)43(57(10)11)29-34(4)67-51)56-66-28-25-54-23-17-26-65-27-18-24-55-32-38-21-22-42-40(30-38)39-19-15-16-20-41(39)58(42)14-2/h15-16,19-22,30,33-37,43-44,47-49,51,54-55,60-61,63H,13-14,17-18,23-29,31-32H2,1-12H3/b56-45+/t33-,34-,35+,36+,37-,43+,44+,47-,48-,49-,51+,52+,53-/m1/s1. The third kappa shape index (κ3) is 13.7. The van der Waals surface area contributed by atoms with E-state index in [1.54, 1.807) is 20.8 Å². The summed E-state index contributed by atoms with van der Waals surface area (Å²) in [5, 5.41) is 49.4. The van der Waals surface area contributed by atoms with Gasteiger partial charge in [0.1, 0.15) is 30.3 Å². The Morgan fingerprint density at radius 2 is 1.58 bits per heavy atom. The van der Waals surface area contributed by atoms with Crippen LogP contribution in [0.3, 0.4) is 0 Å². The number of benzene rings is 2. The van der Waals surface area contributed by atoms with Gasteiger partial charge in [0.2, 0.25) is 0 Å². The molecule has 2 saturated heterocycles. The van der Waals surface area contributed by atoms with Crippen LogP contribution >= 0.6 is 0 Å². The van der Waals surface area contributed by atoms with Crippen LogP contribution < -0.4 is 10.6 Å². The van der Waals surface area contributed by atoms with Crippen molar-refractivity contribution >= 4 is 39.3 Å². The number of para-hydroxylation sites is 1. The highest BCUT2D eigenvalue weighted by atomic mass is 16.7. The average Bonchev–Trinajstić information content (AvgIpc) is 3.65. The number of rotatable bonds is 20. The lowest BCUT2D eigenvalue weighted by Crippen LogP contribution is -2.60. The molecule has 0 aliphatic carbocycles. The molecular weight excluding hydrogens is 883 g/mol. The number of Topliss-reactive ketones (excluding diaryl/α,β-unsaturated/α-hetero) is 1. The minimum absolute atomic E-state index is 0.173. The summed E-state index contributed by atoms with van der Waals surface area (Å²) in [5.74, 6) is -4.72. The van der Waals surface area contributed by atoms with Crippen LogP contribution in [0, 0.1) is 23.7 Å². The van der Waals surface area contributed by atoms with Crippen molar-refractivity contribution in [2.45, 2.75) is 162 Å². The first-order chi connectivity index (χ1) is 32.8. The number of carbonyl (C=O) groups excluding carboxylic acids is 2. The van der Waals surface area contributed by atoms with Crippen molar-refractivity contribution in [2.24, 2.45) is 28.8 Å². The van der Waals surface area contributed by atoms with Gasteiger partial charge in [0.25, 0.3) is 0 Å². The number of aliphatic hydroxyl groups is 3. The zero-order valence-electron chi connectivity index (χ0n) is 43.5. The number of hydrogen-bond acceptors (Lipinski definition) is 15. The van der Waals surface area contributed by atoms with E-state index in [-0.39, 0.29) is 31.6 Å². The SMILES string of the molecule is CC[C@@H]1OC(=O)[C@H](C)C(=O)[C@H](C)[C@@H](O[C@@H]2O[C@H](C)C[C@H](N(C)C)[C@H]2O)[C@@](C)(OC)C[C@@H](C)/C(=N\OCCNCCCOCCCNCc2ccc3c(c2)c2ccccc2n3CC)[C@H](C)[C@@H](O)[C@]1(C)O. The highest BCUT2D eigenvalue weighted by Gasteiger charge is 2.51. The maximum absolute atomic E-state index is 14.3. The fraction of sp³-hybridized carbons (Fsp3) is 0.717. The Labute approximate surface area is 410 Å². The van der Waals surface area contributed by atoms with Crippen LogP contribution in [0.1, 0.15) is 100.0 Å². The van der Waals surface area contributed by atoms with E-state index < -0.39 is 77.3 Å².